The van der Waals surface area contributed by atoms with Crippen LogP contribution in [0.15, 0.2) is 42.7 Å². The fourth-order valence-corrected chi connectivity index (χ4v) is 0.968. The van der Waals surface area contributed by atoms with Crippen molar-refractivity contribution in [2.45, 2.75) is 14.9 Å². The van der Waals surface area contributed by atoms with Crippen LogP contribution in [0.5, 0.6) is 0 Å². The molecule has 2 aromatic heterocycles. The quantitative estimate of drug-likeness (QED) is 0.515. The van der Waals surface area contributed by atoms with Crippen LogP contribution in [0, 0.1) is 6.07 Å². The average molecular weight is 509 g/mol. The molecule has 2 aromatic rings. The molecule has 2 nitrogen and oxygen atoms in total. The second-order valence-electron chi connectivity index (χ2n) is 2.35. The molecule has 0 amide bonds. The van der Waals surface area contributed by atoms with E-state index < -0.39 is 0 Å². The minimum Gasteiger partial charge on any atom is -1.00 e. The molecule has 0 aliphatic heterocycles. The second kappa shape index (κ2) is 11.2. The molecule has 0 aliphatic carbocycles. The summed E-state index contributed by atoms with van der Waals surface area (Å²) in [6.07, 6.45) is 3.48. The van der Waals surface area contributed by atoms with Crippen LogP contribution in [0.4, 0.5) is 0 Å². The van der Waals surface area contributed by atoms with Crippen LogP contribution in [-0.4, -0.2) is 9.97 Å². The second-order valence-corrected chi connectivity index (χ2v) is 2.35. The molecule has 0 spiro atoms. The summed E-state index contributed by atoms with van der Waals surface area (Å²) in [6.45, 7) is 0. The Hall–Kier alpha value is -0.282. The van der Waals surface area contributed by atoms with Crippen LogP contribution >= 0.6 is 0 Å². The molecular formula is C12H15IN2Pt-. The van der Waals surface area contributed by atoms with E-state index in [1.54, 1.807) is 12.4 Å². The summed E-state index contributed by atoms with van der Waals surface area (Å²) in [7, 11) is 0. The van der Waals surface area contributed by atoms with E-state index in [2.05, 4.69) is 16.0 Å². The molecule has 0 atom stereocenters. The Bertz CT molecular complexity index is 316. The zero-order valence-electron chi connectivity index (χ0n) is 7.13. The molecule has 0 fully saturated rings. The first-order chi connectivity index (χ1) is 5.97. The topological polar surface area (TPSA) is 25.8 Å². The van der Waals surface area contributed by atoms with Gasteiger partial charge in [-0.25, -0.2) is 0 Å². The van der Waals surface area contributed by atoms with Gasteiger partial charge in [0.2, 0.25) is 0 Å². The number of nitrogens with zero attached hydrogens (tertiary/aromatic N) is 2. The molecule has 0 N–H and O–H groups in total. The zero-order chi connectivity index (χ0) is 8.23. The van der Waals surface area contributed by atoms with E-state index in [4.69, 9.17) is 0 Å². The third kappa shape index (κ3) is 5.71. The summed E-state index contributed by atoms with van der Waals surface area (Å²) in [5.41, 5.74) is 1.65. The summed E-state index contributed by atoms with van der Waals surface area (Å²) >= 11 is 0. The van der Waals surface area contributed by atoms with Crippen molar-refractivity contribution in [1.82, 2.24) is 9.97 Å². The third-order valence-electron chi connectivity index (χ3n) is 1.51. The first-order valence-electron chi connectivity index (χ1n) is 3.71. The zero-order valence-corrected chi connectivity index (χ0v) is 11.6. The van der Waals surface area contributed by atoms with E-state index in [1.807, 2.05) is 30.3 Å². The van der Waals surface area contributed by atoms with E-state index in [0.717, 1.165) is 11.4 Å². The Morgan fingerprint density at radius 3 is 2.12 bits per heavy atom. The Kier molecular flexibility index (Phi) is 14.7. The molecule has 2 rings (SSSR count). The van der Waals surface area contributed by atoms with E-state index in [-0.39, 0.29) is 59.9 Å². The van der Waals surface area contributed by atoms with Gasteiger partial charge in [-0.2, -0.15) is 0 Å². The Morgan fingerprint density at radius 2 is 1.62 bits per heavy atom. The van der Waals surface area contributed by atoms with Crippen LogP contribution in [-0.2, 0) is 21.1 Å². The van der Waals surface area contributed by atoms with Crippen molar-refractivity contribution in [2.24, 2.45) is 0 Å². The van der Waals surface area contributed by atoms with Crippen molar-refractivity contribution in [3.63, 3.8) is 0 Å². The largest absolute Gasteiger partial charge is 1.00 e. The fourth-order valence-electron chi connectivity index (χ4n) is 0.968. The molecule has 0 aliphatic rings. The number of aromatic nitrogens is 2. The Morgan fingerprint density at radius 1 is 0.938 bits per heavy atom. The van der Waals surface area contributed by atoms with Gasteiger partial charge in [0.15, 0.2) is 0 Å². The van der Waals surface area contributed by atoms with Crippen LogP contribution in [0.3, 0.4) is 0 Å². The molecule has 0 unspecified atom stereocenters. The van der Waals surface area contributed by atoms with Crippen molar-refractivity contribution in [2.75, 3.05) is 0 Å². The van der Waals surface area contributed by atoms with Gasteiger partial charge in [0.25, 0.3) is 0 Å². The number of halogens is 1. The molecule has 2 heterocycles. The van der Waals surface area contributed by atoms with Gasteiger partial charge in [-0.3, -0.25) is 9.97 Å². The van der Waals surface area contributed by atoms with Gasteiger partial charge in [-0.05, 0) is 18.2 Å². The van der Waals surface area contributed by atoms with Crippen LogP contribution < -0.4 is 24.0 Å². The number of hydrogen-bond donors (Lipinski definition) is 0. The standard InChI is InChI=1S/C10H7N2.2CH4.HI.Pt/c1-3-7-11-9(5-1)10-6-2-4-8-12-10;;;;/h1-5,7-8H;2*1H4;1H;/p-1. The maximum Gasteiger partial charge on any atom is 0.0965 e. The minimum atomic E-state index is 0. The predicted molar refractivity (Wildman–Crippen MR) is 59.8 cm³/mol. The monoisotopic (exact) mass is 509 g/mol. The van der Waals surface area contributed by atoms with Crippen molar-refractivity contribution >= 4 is 0 Å². The first kappa shape index (κ1) is 21.1. The van der Waals surface area contributed by atoms with Gasteiger partial charge in [-0.1, -0.05) is 27.0 Å². The maximum atomic E-state index is 4.16. The van der Waals surface area contributed by atoms with Gasteiger partial charge >= 0.3 is 0 Å². The smallest absolute Gasteiger partial charge is 0.0965 e. The molecule has 91 valence electrons. The summed E-state index contributed by atoms with van der Waals surface area (Å²) in [5.74, 6) is 0. The number of rotatable bonds is 1. The minimum absolute atomic E-state index is 0. The summed E-state index contributed by atoms with van der Waals surface area (Å²) in [6, 6.07) is 12.4. The first-order valence-corrected chi connectivity index (χ1v) is 3.71. The van der Waals surface area contributed by atoms with E-state index in [9.17, 15) is 0 Å². The SMILES string of the molecule is C.C.[I-].[Pt].[c]1cccnc1-c1ccccn1. The molecule has 4 heteroatoms. The molecule has 0 bridgehead atoms. The molecule has 0 aromatic carbocycles. The fraction of sp³-hybridized carbons (Fsp3) is 0.167. The van der Waals surface area contributed by atoms with Gasteiger partial charge in [-0.15, -0.1) is 0 Å². The van der Waals surface area contributed by atoms with E-state index in [0.29, 0.717) is 0 Å². The van der Waals surface area contributed by atoms with Crippen molar-refractivity contribution in [3.05, 3.63) is 48.8 Å². The molecular weight excluding hydrogens is 494 g/mol. The summed E-state index contributed by atoms with van der Waals surface area (Å²) in [5, 5.41) is 0. The van der Waals surface area contributed by atoms with Gasteiger partial charge < -0.3 is 24.0 Å². The van der Waals surface area contributed by atoms with Crippen molar-refractivity contribution in [3.8, 4) is 11.4 Å². The predicted octanol–water partition coefficient (Wildman–Crippen LogP) is 0.217. The third-order valence-corrected chi connectivity index (χ3v) is 1.51. The molecule has 0 saturated heterocycles. The number of pyridine rings is 2. The molecule has 1 radical (unpaired) electrons. The maximum absolute atomic E-state index is 4.16. The van der Waals surface area contributed by atoms with Crippen LogP contribution in [0.2, 0.25) is 0 Å². The van der Waals surface area contributed by atoms with Gasteiger partial charge in [0.1, 0.15) is 0 Å². The van der Waals surface area contributed by atoms with E-state index in [1.165, 1.54) is 0 Å². The number of hydrogen-bond acceptors (Lipinski definition) is 2. The summed E-state index contributed by atoms with van der Waals surface area (Å²) < 4.78 is 0. The molecule has 0 saturated carbocycles. The Balaban J connectivity index is -0.000000422. The average Bonchev–Trinajstić information content (AvgIpc) is 2.21. The van der Waals surface area contributed by atoms with Crippen molar-refractivity contribution < 1.29 is 45.0 Å². The summed E-state index contributed by atoms with van der Waals surface area (Å²) in [4.78, 5) is 8.29. The van der Waals surface area contributed by atoms with E-state index >= 15 is 0 Å². The van der Waals surface area contributed by atoms with Gasteiger partial charge in [0.05, 0.1) is 11.4 Å². The van der Waals surface area contributed by atoms with Crippen molar-refractivity contribution in [1.29, 1.82) is 0 Å². The Labute approximate surface area is 129 Å². The van der Waals surface area contributed by atoms with Gasteiger partial charge in [0, 0.05) is 39.5 Å². The van der Waals surface area contributed by atoms with Crippen LogP contribution in [0.25, 0.3) is 11.4 Å². The normalized spacial score (nSPS) is 7.25. The van der Waals surface area contributed by atoms with Crippen LogP contribution in [0.1, 0.15) is 14.9 Å². The molecule has 16 heavy (non-hydrogen) atoms.